The van der Waals surface area contributed by atoms with Gasteiger partial charge >= 0.3 is 0 Å². The molecular weight excluding hydrogens is 260 g/mol. The zero-order valence-electron chi connectivity index (χ0n) is 10.8. The summed E-state index contributed by atoms with van der Waals surface area (Å²) >= 11 is 1.70. The molecule has 1 fully saturated rings. The van der Waals surface area contributed by atoms with Crippen molar-refractivity contribution in [3.63, 3.8) is 0 Å². The van der Waals surface area contributed by atoms with Gasteiger partial charge in [-0.25, -0.2) is 4.98 Å². The molecule has 2 aromatic heterocycles. The number of thiazole rings is 1. The molecule has 0 unspecified atom stereocenters. The molecule has 19 heavy (non-hydrogen) atoms. The van der Waals surface area contributed by atoms with Gasteiger partial charge in [-0.2, -0.15) is 0 Å². The molecule has 0 saturated carbocycles. The fourth-order valence-electron chi connectivity index (χ4n) is 2.31. The quantitative estimate of drug-likeness (QED) is 0.919. The second-order valence-electron chi connectivity index (χ2n) is 4.70. The minimum absolute atomic E-state index is 0.543. The van der Waals surface area contributed by atoms with Crippen molar-refractivity contribution in [3.05, 3.63) is 35.2 Å². The molecule has 1 aliphatic rings. The Bertz CT molecular complexity index is 502. The molecule has 0 amide bonds. The van der Waals surface area contributed by atoms with Gasteiger partial charge in [-0.05, 0) is 6.07 Å². The first-order valence-electron chi connectivity index (χ1n) is 6.48. The van der Waals surface area contributed by atoms with Crippen LogP contribution in [0.2, 0.25) is 0 Å². The number of rotatable bonds is 4. The van der Waals surface area contributed by atoms with Gasteiger partial charge in [0.05, 0.1) is 12.8 Å². The Hall–Kier alpha value is -1.37. The summed E-state index contributed by atoms with van der Waals surface area (Å²) in [5.74, 6) is 1.00. The maximum atomic E-state index is 5.58. The highest BCUT2D eigenvalue weighted by Gasteiger charge is 2.19. The van der Waals surface area contributed by atoms with Crippen LogP contribution in [0.1, 0.15) is 11.3 Å². The first-order valence-corrected chi connectivity index (χ1v) is 7.36. The average molecular weight is 278 g/mol. The van der Waals surface area contributed by atoms with E-state index in [1.165, 1.54) is 0 Å². The van der Waals surface area contributed by atoms with Crippen LogP contribution in [0.4, 0.5) is 5.13 Å². The van der Waals surface area contributed by atoms with Crippen LogP contribution in [0, 0.1) is 0 Å². The van der Waals surface area contributed by atoms with Crippen molar-refractivity contribution in [2.45, 2.75) is 13.1 Å². The van der Waals surface area contributed by atoms with Crippen LogP contribution in [-0.4, -0.2) is 36.1 Å². The number of furan rings is 1. The van der Waals surface area contributed by atoms with Gasteiger partial charge in [-0.1, -0.05) is 0 Å². The molecule has 0 radical (unpaired) electrons. The Morgan fingerprint density at radius 1 is 1.32 bits per heavy atom. The van der Waals surface area contributed by atoms with E-state index in [1.54, 1.807) is 17.6 Å². The molecule has 2 N–H and O–H groups in total. The first-order chi connectivity index (χ1) is 9.35. The van der Waals surface area contributed by atoms with Crippen molar-refractivity contribution in [1.82, 2.24) is 9.88 Å². The minimum atomic E-state index is 0.543. The van der Waals surface area contributed by atoms with Gasteiger partial charge in [0.15, 0.2) is 5.13 Å². The SMILES string of the molecule is NCc1coc(CN2CCN(c3nccs3)CC2)c1. The largest absolute Gasteiger partial charge is 0.468 e. The van der Waals surface area contributed by atoms with Crippen molar-refractivity contribution in [3.8, 4) is 0 Å². The summed E-state index contributed by atoms with van der Waals surface area (Å²) in [6.07, 6.45) is 3.62. The molecule has 0 aliphatic carbocycles. The smallest absolute Gasteiger partial charge is 0.185 e. The topological polar surface area (TPSA) is 58.5 Å². The van der Waals surface area contributed by atoms with Crippen LogP contribution < -0.4 is 10.6 Å². The number of aromatic nitrogens is 1. The molecule has 0 spiro atoms. The molecule has 2 aromatic rings. The van der Waals surface area contributed by atoms with Gasteiger partial charge in [0.2, 0.25) is 0 Å². The summed E-state index contributed by atoms with van der Waals surface area (Å²) in [6.45, 7) is 5.54. The molecule has 0 atom stereocenters. The van der Waals surface area contributed by atoms with E-state index in [0.29, 0.717) is 6.54 Å². The summed E-state index contributed by atoms with van der Waals surface area (Å²) in [5, 5.41) is 3.15. The van der Waals surface area contributed by atoms with E-state index in [-0.39, 0.29) is 0 Å². The Kier molecular flexibility index (Phi) is 3.82. The van der Waals surface area contributed by atoms with Crippen molar-refractivity contribution in [2.75, 3.05) is 31.1 Å². The highest BCUT2D eigenvalue weighted by atomic mass is 32.1. The van der Waals surface area contributed by atoms with Gasteiger partial charge in [0.25, 0.3) is 0 Å². The Morgan fingerprint density at radius 3 is 2.79 bits per heavy atom. The highest BCUT2D eigenvalue weighted by Crippen LogP contribution is 2.19. The average Bonchev–Trinajstić information content (AvgIpc) is 3.10. The third-order valence-corrected chi connectivity index (χ3v) is 4.22. The lowest BCUT2D eigenvalue weighted by Crippen LogP contribution is -2.45. The van der Waals surface area contributed by atoms with E-state index >= 15 is 0 Å². The van der Waals surface area contributed by atoms with Crippen LogP contribution >= 0.6 is 11.3 Å². The second-order valence-corrected chi connectivity index (χ2v) is 5.58. The molecule has 102 valence electrons. The zero-order chi connectivity index (χ0) is 13.1. The Balaban J connectivity index is 1.52. The van der Waals surface area contributed by atoms with Gasteiger partial charge in [-0.15, -0.1) is 11.3 Å². The standard InChI is InChI=1S/C13H18N4OS/c14-8-11-7-12(18-10-11)9-16-2-4-17(5-3-16)13-15-1-6-19-13/h1,6-7,10H,2-5,8-9,14H2. The predicted molar refractivity (Wildman–Crippen MR) is 76.2 cm³/mol. The summed E-state index contributed by atoms with van der Waals surface area (Å²) in [5.41, 5.74) is 6.65. The van der Waals surface area contributed by atoms with Crippen molar-refractivity contribution in [1.29, 1.82) is 0 Å². The van der Waals surface area contributed by atoms with Crippen LogP contribution in [0.25, 0.3) is 0 Å². The van der Waals surface area contributed by atoms with Gasteiger partial charge in [0.1, 0.15) is 5.76 Å². The highest BCUT2D eigenvalue weighted by molar-refractivity contribution is 7.13. The number of hydrogen-bond donors (Lipinski definition) is 1. The normalized spacial score (nSPS) is 17.0. The van der Waals surface area contributed by atoms with E-state index in [0.717, 1.165) is 49.2 Å². The summed E-state index contributed by atoms with van der Waals surface area (Å²) in [4.78, 5) is 9.10. The molecule has 6 heteroatoms. The van der Waals surface area contributed by atoms with Crippen molar-refractivity contribution in [2.24, 2.45) is 5.73 Å². The maximum Gasteiger partial charge on any atom is 0.185 e. The minimum Gasteiger partial charge on any atom is -0.468 e. The van der Waals surface area contributed by atoms with E-state index < -0.39 is 0 Å². The third kappa shape index (κ3) is 2.97. The fraction of sp³-hybridized carbons (Fsp3) is 0.462. The number of nitrogens with zero attached hydrogens (tertiary/aromatic N) is 3. The van der Waals surface area contributed by atoms with E-state index in [1.807, 2.05) is 17.6 Å². The van der Waals surface area contributed by atoms with Gasteiger partial charge in [-0.3, -0.25) is 4.90 Å². The maximum absolute atomic E-state index is 5.58. The van der Waals surface area contributed by atoms with Crippen LogP contribution in [0.3, 0.4) is 0 Å². The molecule has 3 rings (SSSR count). The third-order valence-electron chi connectivity index (χ3n) is 3.39. The summed E-state index contributed by atoms with van der Waals surface area (Å²) in [6, 6.07) is 2.05. The summed E-state index contributed by atoms with van der Waals surface area (Å²) < 4.78 is 5.51. The molecule has 1 aliphatic heterocycles. The number of nitrogens with two attached hydrogens (primary N) is 1. The number of piperazine rings is 1. The van der Waals surface area contributed by atoms with Crippen molar-refractivity contribution >= 4 is 16.5 Å². The van der Waals surface area contributed by atoms with Gasteiger partial charge < -0.3 is 15.1 Å². The van der Waals surface area contributed by atoms with E-state index in [9.17, 15) is 0 Å². The fourth-order valence-corrected chi connectivity index (χ4v) is 3.00. The molecule has 0 aromatic carbocycles. The first kappa shape index (κ1) is 12.7. The molecule has 3 heterocycles. The number of anilines is 1. The molecule has 5 nitrogen and oxygen atoms in total. The van der Waals surface area contributed by atoms with Crippen molar-refractivity contribution < 1.29 is 4.42 Å². The predicted octanol–water partition coefficient (Wildman–Crippen LogP) is 1.52. The van der Waals surface area contributed by atoms with Crippen LogP contribution in [-0.2, 0) is 13.1 Å². The van der Waals surface area contributed by atoms with E-state index in [4.69, 9.17) is 10.2 Å². The second kappa shape index (κ2) is 5.73. The lowest BCUT2D eigenvalue weighted by molar-refractivity contribution is 0.230. The molecular formula is C13H18N4OS. The number of hydrogen-bond acceptors (Lipinski definition) is 6. The lowest BCUT2D eigenvalue weighted by atomic mass is 10.2. The Labute approximate surface area is 116 Å². The van der Waals surface area contributed by atoms with Crippen LogP contribution in [0.5, 0.6) is 0 Å². The summed E-state index contributed by atoms with van der Waals surface area (Å²) in [7, 11) is 0. The van der Waals surface area contributed by atoms with Crippen LogP contribution in [0.15, 0.2) is 28.3 Å². The van der Waals surface area contributed by atoms with Gasteiger partial charge in [0, 0.05) is 49.9 Å². The Morgan fingerprint density at radius 2 is 2.16 bits per heavy atom. The lowest BCUT2D eigenvalue weighted by Gasteiger charge is -2.34. The molecule has 1 saturated heterocycles. The van der Waals surface area contributed by atoms with E-state index in [2.05, 4.69) is 14.8 Å². The molecule has 0 bridgehead atoms. The monoisotopic (exact) mass is 278 g/mol. The zero-order valence-corrected chi connectivity index (χ0v) is 11.6.